The summed E-state index contributed by atoms with van der Waals surface area (Å²) in [7, 11) is 6.00. The monoisotopic (exact) mass is 307 g/mol. The van der Waals surface area contributed by atoms with E-state index in [1.807, 2.05) is 50.4 Å². The number of aromatic nitrogens is 1. The Morgan fingerprint density at radius 1 is 1.13 bits per heavy atom. The zero-order valence-corrected chi connectivity index (χ0v) is 12.2. The van der Waals surface area contributed by atoms with Crippen LogP contribution in [-0.2, 0) is 0 Å². The van der Waals surface area contributed by atoms with E-state index < -0.39 is 0 Å². The number of nitrogens with zero attached hydrogens (tertiary/aromatic N) is 2. The number of rotatable bonds is 0. The van der Waals surface area contributed by atoms with Crippen molar-refractivity contribution in [3.8, 4) is 0 Å². The van der Waals surface area contributed by atoms with Gasteiger partial charge in [0, 0.05) is 0 Å². The van der Waals surface area contributed by atoms with Crippen LogP contribution in [0.1, 0.15) is 0 Å². The normalized spacial score (nSPS) is 9.93. The Kier molecular flexibility index (Phi) is 5.05. The molecule has 1 aromatic carbocycles. The Morgan fingerprint density at radius 3 is 2.40 bits per heavy atom. The number of pyridine rings is 1. The average molecular weight is 306 g/mol. The van der Waals surface area contributed by atoms with Crippen molar-refractivity contribution in [1.29, 1.82) is 0 Å². The number of hydrogen-bond donors (Lipinski definition) is 0. The molecule has 15 heavy (non-hydrogen) atoms. The Morgan fingerprint density at radius 2 is 1.73 bits per heavy atom. The first-order valence-electron chi connectivity index (χ1n) is 4.77. The Labute approximate surface area is 104 Å². The zero-order chi connectivity index (χ0) is 11.3. The fraction of sp³-hybridized carbons (Fsp3) is 0.250. The minimum absolute atomic E-state index is 1.08. The van der Waals surface area contributed by atoms with Gasteiger partial charge >= 0.3 is 78.5 Å². The molecule has 1 aromatic heterocycles. The molecular formula is C12H15N2Sn. The number of fused-ring (bicyclic) bond motifs is 1. The summed E-state index contributed by atoms with van der Waals surface area (Å²) in [6.45, 7) is 0. The molecule has 0 saturated heterocycles. The zero-order valence-electron chi connectivity index (χ0n) is 9.36. The molecule has 0 aliphatic carbocycles. The maximum absolute atomic E-state index is 4.30. The van der Waals surface area contributed by atoms with Crippen LogP contribution in [0.5, 0.6) is 0 Å². The van der Waals surface area contributed by atoms with Crippen molar-refractivity contribution in [2.24, 2.45) is 0 Å². The predicted molar refractivity (Wildman–Crippen MR) is 66.7 cm³/mol. The van der Waals surface area contributed by atoms with Gasteiger partial charge in [0.2, 0.25) is 0 Å². The third kappa shape index (κ3) is 4.62. The van der Waals surface area contributed by atoms with Gasteiger partial charge in [-0.05, 0) is 21.1 Å². The van der Waals surface area contributed by atoms with Gasteiger partial charge in [0.1, 0.15) is 0 Å². The van der Waals surface area contributed by atoms with Gasteiger partial charge in [-0.1, -0.05) is 0 Å². The molecule has 0 N–H and O–H groups in total. The summed E-state index contributed by atoms with van der Waals surface area (Å²) in [6.07, 6.45) is 1.93. The van der Waals surface area contributed by atoms with Crippen LogP contribution < -0.4 is 3.58 Å². The molecule has 2 nitrogen and oxygen atoms in total. The molecule has 0 aliphatic rings. The van der Waals surface area contributed by atoms with E-state index in [0.29, 0.717) is 0 Å². The third-order valence-corrected chi connectivity index (χ3v) is 2.37. The molecule has 0 saturated carbocycles. The van der Waals surface area contributed by atoms with Crippen molar-refractivity contribution in [2.75, 3.05) is 21.1 Å². The van der Waals surface area contributed by atoms with Crippen LogP contribution in [0, 0.1) is 0 Å². The second-order valence-electron chi connectivity index (χ2n) is 3.76. The molecule has 0 unspecified atom stereocenters. The molecule has 0 amide bonds. The van der Waals surface area contributed by atoms with Gasteiger partial charge < -0.3 is 4.90 Å². The second-order valence-corrected chi connectivity index (χ2v) is 5.41. The topological polar surface area (TPSA) is 16.1 Å². The summed E-state index contributed by atoms with van der Waals surface area (Å²) in [5.74, 6) is 0. The first kappa shape index (κ1) is 12.5. The molecule has 0 bridgehead atoms. The fourth-order valence-corrected chi connectivity index (χ4v) is 1.70. The summed E-state index contributed by atoms with van der Waals surface area (Å²) < 4.78 is 1.30. The second kappa shape index (κ2) is 6.08. The first-order valence-corrected chi connectivity index (χ1v) is 6.19. The molecule has 3 radical (unpaired) electrons. The minimum atomic E-state index is 1.08. The van der Waals surface area contributed by atoms with Gasteiger partial charge in [-0.25, -0.2) is 0 Å². The summed E-state index contributed by atoms with van der Waals surface area (Å²) in [5.41, 5.74) is 1.08. The predicted octanol–water partition coefficient (Wildman–Crippen LogP) is 1.21. The van der Waals surface area contributed by atoms with Gasteiger partial charge in [-0.2, -0.15) is 0 Å². The van der Waals surface area contributed by atoms with Crippen LogP contribution in [0.4, 0.5) is 0 Å². The van der Waals surface area contributed by atoms with Gasteiger partial charge in [0.15, 0.2) is 0 Å². The van der Waals surface area contributed by atoms with E-state index in [0.717, 1.165) is 5.52 Å². The molecule has 77 valence electrons. The van der Waals surface area contributed by atoms with E-state index in [2.05, 4.69) is 17.1 Å². The van der Waals surface area contributed by atoms with Crippen molar-refractivity contribution in [3.63, 3.8) is 0 Å². The number of benzene rings is 1. The van der Waals surface area contributed by atoms with Crippen LogP contribution in [0.3, 0.4) is 0 Å². The number of para-hydroxylation sites is 1. The van der Waals surface area contributed by atoms with Gasteiger partial charge in [0.25, 0.3) is 0 Å². The summed E-state index contributed by atoms with van der Waals surface area (Å²) in [5, 5.41) is 1.24. The van der Waals surface area contributed by atoms with E-state index in [1.165, 1.54) is 31.5 Å². The standard InChI is InChI=1S/C9H6N.C3H9N.Sn/c1-2-6-9-8(4-1)5-3-7-10-9;1-4(2)3;/h1-2,4-7H;1-3H3;. The molecule has 3 heteroatoms. The Hall–Kier alpha value is -0.611. The van der Waals surface area contributed by atoms with Crippen LogP contribution in [0.15, 0.2) is 36.5 Å². The molecule has 2 rings (SSSR count). The van der Waals surface area contributed by atoms with E-state index in [4.69, 9.17) is 0 Å². The van der Waals surface area contributed by atoms with E-state index >= 15 is 0 Å². The van der Waals surface area contributed by atoms with E-state index in [-0.39, 0.29) is 0 Å². The van der Waals surface area contributed by atoms with Gasteiger partial charge in [-0.15, -0.1) is 0 Å². The van der Waals surface area contributed by atoms with Crippen LogP contribution in [0.25, 0.3) is 10.9 Å². The van der Waals surface area contributed by atoms with Crippen molar-refractivity contribution >= 4 is 37.0 Å². The molecule has 0 spiro atoms. The summed E-state index contributed by atoms with van der Waals surface area (Å²) >= 11 is 1.42. The number of hydrogen-bond acceptors (Lipinski definition) is 2. The quantitative estimate of drug-likeness (QED) is 0.680. The van der Waals surface area contributed by atoms with Gasteiger partial charge in [-0.3, -0.25) is 0 Å². The Bertz CT molecular complexity index is 424. The molecular weight excluding hydrogens is 291 g/mol. The van der Waals surface area contributed by atoms with Crippen LogP contribution in [0.2, 0.25) is 0 Å². The first-order chi connectivity index (χ1) is 7.09. The fourth-order valence-electron chi connectivity index (χ4n) is 1.07. The molecule has 2 aromatic rings. The summed E-state index contributed by atoms with van der Waals surface area (Å²) in [6, 6.07) is 10.4. The molecule has 0 atom stereocenters. The average Bonchev–Trinajstić information content (AvgIpc) is 2.16. The van der Waals surface area contributed by atoms with Crippen molar-refractivity contribution in [1.82, 2.24) is 9.88 Å². The third-order valence-electron chi connectivity index (χ3n) is 1.59. The molecule has 0 fully saturated rings. The van der Waals surface area contributed by atoms with Crippen molar-refractivity contribution < 1.29 is 0 Å². The van der Waals surface area contributed by atoms with E-state index in [1.54, 1.807) is 0 Å². The SMILES string of the molecule is CN(C)C.[Sn][c]1cnc2ccccc2c1. The van der Waals surface area contributed by atoms with Crippen molar-refractivity contribution in [3.05, 3.63) is 36.5 Å². The van der Waals surface area contributed by atoms with Crippen LogP contribution >= 0.6 is 0 Å². The van der Waals surface area contributed by atoms with Gasteiger partial charge in [0.05, 0.1) is 0 Å². The maximum atomic E-state index is 4.30. The summed E-state index contributed by atoms with van der Waals surface area (Å²) in [4.78, 5) is 6.30. The Balaban J connectivity index is 0.000000245. The van der Waals surface area contributed by atoms with Crippen LogP contribution in [-0.4, -0.2) is 53.6 Å². The molecule has 0 aliphatic heterocycles. The van der Waals surface area contributed by atoms with Crippen molar-refractivity contribution in [2.45, 2.75) is 0 Å². The van der Waals surface area contributed by atoms with E-state index in [9.17, 15) is 0 Å². The molecule has 1 heterocycles.